The minimum absolute atomic E-state index is 0.0608. The van der Waals surface area contributed by atoms with Crippen molar-refractivity contribution in [1.82, 2.24) is 21.1 Å². The zero-order valence-corrected chi connectivity index (χ0v) is 24.4. The Kier molecular flexibility index (Phi) is 17.9. The Morgan fingerprint density at radius 2 is 1.64 bits per heavy atom. The number of likely N-dealkylation sites (tertiary alicyclic amines) is 1. The van der Waals surface area contributed by atoms with Gasteiger partial charge in [-0.1, -0.05) is 76.6 Å². The Hall–Kier alpha value is -3.27. The molecule has 2 amide bonds. The molecule has 39 heavy (non-hydrogen) atoms. The van der Waals surface area contributed by atoms with Gasteiger partial charge in [0.25, 0.3) is 0 Å². The smallest absolute Gasteiger partial charge is 0.242 e. The van der Waals surface area contributed by atoms with E-state index in [4.69, 9.17) is 16.2 Å². The second-order valence-electron chi connectivity index (χ2n) is 9.34. The predicted octanol–water partition coefficient (Wildman–Crippen LogP) is 2.84. The number of para-hydroxylation sites is 1. The Labute approximate surface area is 235 Å². The average Bonchev–Trinajstić information content (AvgIpc) is 2.99. The van der Waals surface area contributed by atoms with E-state index in [1.54, 1.807) is 12.0 Å². The number of ether oxygens (including phenoxy) is 1. The van der Waals surface area contributed by atoms with E-state index in [0.29, 0.717) is 19.0 Å². The molecule has 0 radical (unpaired) electrons. The minimum Gasteiger partial charge on any atom is -0.496 e. The van der Waals surface area contributed by atoms with Crippen LogP contribution in [0.25, 0.3) is 0 Å². The Morgan fingerprint density at radius 1 is 1.05 bits per heavy atom. The summed E-state index contributed by atoms with van der Waals surface area (Å²) in [6.07, 6.45) is 13.6. The molecule has 1 heterocycles. The van der Waals surface area contributed by atoms with E-state index in [1.165, 1.54) is 38.5 Å². The maximum absolute atomic E-state index is 12.4. The number of carbonyl (C=O) groups excluding carboxylic acids is 2. The largest absolute Gasteiger partial charge is 0.496 e. The van der Waals surface area contributed by atoms with Gasteiger partial charge >= 0.3 is 0 Å². The highest BCUT2D eigenvalue weighted by Crippen LogP contribution is 2.25. The van der Waals surface area contributed by atoms with Crippen LogP contribution < -0.4 is 32.4 Å². The molecule has 1 saturated heterocycles. The number of piperidine rings is 1. The van der Waals surface area contributed by atoms with Crippen LogP contribution in [0.2, 0.25) is 0 Å². The van der Waals surface area contributed by atoms with Gasteiger partial charge in [0.2, 0.25) is 11.8 Å². The molecule has 220 valence electrons. The van der Waals surface area contributed by atoms with Crippen LogP contribution in [0, 0.1) is 5.92 Å². The van der Waals surface area contributed by atoms with E-state index in [9.17, 15) is 9.59 Å². The molecule has 2 fully saturated rings. The first-order valence-electron chi connectivity index (χ1n) is 14.3. The number of carbonyl (C=O) groups is 2. The number of nitrogens with one attached hydrogen (secondary N) is 3. The lowest BCUT2D eigenvalue weighted by Gasteiger charge is -2.33. The Bertz CT molecular complexity index is 877. The summed E-state index contributed by atoms with van der Waals surface area (Å²) in [4.78, 5) is 29.4. The summed E-state index contributed by atoms with van der Waals surface area (Å²) >= 11 is 0. The quantitative estimate of drug-likeness (QED) is 0.173. The van der Waals surface area contributed by atoms with E-state index in [1.807, 2.05) is 39.1 Å². The summed E-state index contributed by atoms with van der Waals surface area (Å²) in [5.41, 5.74) is 18.9. The highest BCUT2D eigenvalue weighted by Gasteiger charge is 2.25. The van der Waals surface area contributed by atoms with E-state index in [2.05, 4.69) is 33.3 Å². The van der Waals surface area contributed by atoms with Gasteiger partial charge in [-0.05, 0) is 30.9 Å². The van der Waals surface area contributed by atoms with Crippen molar-refractivity contribution in [3.8, 4) is 5.75 Å². The second-order valence-corrected chi connectivity index (χ2v) is 9.34. The molecule has 1 aliphatic carbocycles. The van der Waals surface area contributed by atoms with Crippen molar-refractivity contribution >= 4 is 17.8 Å². The fraction of sp³-hybridized carbons (Fsp3) is 0.621. The molecule has 2 aliphatic rings. The first-order valence-corrected chi connectivity index (χ1v) is 14.3. The monoisotopic (exact) mass is 545 g/mol. The van der Waals surface area contributed by atoms with E-state index in [-0.39, 0.29) is 25.0 Å². The summed E-state index contributed by atoms with van der Waals surface area (Å²) in [5.74, 6) is 0.509. The van der Waals surface area contributed by atoms with Crippen LogP contribution in [0.4, 0.5) is 0 Å². The summed E-state index contributed by atoms with van der Waals surface area (Å²) in [5, 5.41) is 2.54. The number of methoxy groups -OCH3 is 1. The van der Waals surface area contributed by atoms with Gasteiger partial charge in [-0.15, -0.1) is 0 Å². The topological polar surface area (TPSA) is 147 Å². The Morgan fingerprint density at radius 3 is 2.18 bits per heavy atom. The zero-order chi connectivity index (χ0) is 28.9. The number of allylic oxidation sites excluding steroid dienone is 2. The lowest BCUT2D eigenvalue weighted by Crippen LogP contribution is -2.45. The van der Waals surface area contributed by atoms with Gasteiger partial charge in [-0.3, -0.25) is 9.59 Å². The number of hydrogen-bond donors (Lipinski definition) is 5. The van der Waals surface area contributed by atoms with Crippen LogP contribution in [-0.2, 0) is 16.0 Å². The summed E-state index contributed by atoms with van der Waals surface area (Å²) in [6, 6.07) is 7.95. The molecule has 0 unspecified atom stereocenters. The molecule has 1 aliphatic heterocycles. The van der Waals surface area contributed by atoms with Gasteiger partial charge < -0.3 is 31.8 Å². The maximum atomic E-state index is 12.4. The molecule has 0 bridgehead atoms. The molecule has 10 nitrogen and oxygen atoms in total. The van der Waals surface area contributed by atoms with Crippen LogP contribution in [0.15, 0.2) is 41.0 Å². The van der Waals surface area contributed by atoms with E-state index in [0.717, 1.165) is 36.3 Å². The average molecular weight is 546 g/mol. The number of rotatable bonds is 10. The molecule has 1 aromatic carbocycles. The number of guanidine groups is 1. The lowest BCUT2D eigenvalue weighted by atomic mass is 9.92. The molecular weight excluding hydrogens is 494 g/mol. The van der Waals surface area contributed by atoms with E-state index >= 15 is 0 Å². The third-order valence-corrected chi connectivity index (χ3v) is 6.63. The standard InChI is InChI=1S/C21H33N7O3.C6H12.C2H6/c1-24-27-17(8-7-16-5-3-4-6-18(16)31-2)15-9-11-28(12-10-15)20(30)14-25-19(29)13-26-21(22)23;1-2-4-6-5-3-1;1-2/h3-6,8,15,24,27H,7,9-14H2,1-2H3,(H,25,29)(H4,22,23,26);1-6H2;1-2H3/b17-8-;;. The number of aliphatic imine (C=N–C) groups is 1. The minimum atomic E-state index is -0.392. The number of hydrazine groups is 1. The zero-order valence-electron chi connectivity index (χ0n) is 24.4. The van der Waals surface area contributed by atoms with Crippen molar-refractivity contribution in [3.63, 3.8) is 0 Å². The first kappa shape index (κ1) is 33.8. The molecule has 0 spiro atoms. The molecule has 0 atom stereocenters. The highest BCUT2D eigenvalue weighted by molar-refractivity contribution is 5.87. The summed E-state index contributed by atoms with van der Waals surface area (Å²) in [6.45, 7) is 5.01. The van der Waals surface area contributed by atoms with Gasteiger partial charge in [0.05, 0.1) is 13.7 Å². The van der Waals surface area contributed by atoms with Gasteiger partial charge in [-0.2, -0.15) is 0 Å². The predicted molar refractivity (Wildman–Crippen MR) is 159 cm³/mol. The van der Waals surface area contributed by atoms with E-state index < -0.39 is 5.91 Å². The number of hydrogen-bond acceptors (Lipinski definition) is 6. The Balaban J connectivity index is 0.000000821. The molecule has 3 rings (SSSR count). The van der Waals surface area contributed by atoms with Crippen molar-refractivity contribution in [2.24, 2.45) is 22.4 Å². The normalized spacial score (nSPS) is 15.5. The fourth-order valence-electron chi connectivity index (χ4n) is 4.56. The van der Waals surface area contributed by atoms with Crippen LogP contribution >= 0.6 is 0 Å². The first-order chi connectivity index (χ1) is 18.9. The second kappa shape index (κ2) is 20.7. The van der Waals surface area contributed by atoms with Crippen LogP contribution in [0.1, 0.15) is 70.8 Å². The molecule has 1 aromatic rings. The number of benzene rings is 1. The highest BCUT2D eigenvalue weighted by atomic mass is 16.5. The summed E-state index contributed by atoms with van der Waals surface area (Å²) < 4.78 is 5.43. The molecular formula is C29H51N7O3. The third-order valence-electron chi connectivity index (χ3n) is 6.63. The van der Waals surface area contributed by atoms with Gasteiger partial charge in [0.15, 0.2) is 5.96 Å². The number of amides is 2. The van der Waals surface area contributed by atoms with Crippen molar-refractivity contribution in [3.05, 3.63) is 41.6 Å². The van der Waals surface area contributed by atoms with Crippen LogP contribution in [0.3, 0.4) is 0 Å². The van der Waals surface area contributed by atoms with Crippen molar-refractivity contribution < 1.29 is 14.3 Å². The number of nitrogens with zero attached hydrogens (tertiary/aromatic N) is 2. The molecule has 7 N–H and O–H groups in total. The van der Waals surface area contributed by atoms with Crippen molar-refractivity contribution in [1.29, 1.82) is 0 Å². The molecule has 10 heteroatoms. The molecule has 1 saturated carbocycles. The molecule has 0 aromatic heterocycles. The third kappa shape index (κ3) is 13.9. The van der Waals surface area contributed by atoms with Crippen molar-refractivity contribution in [2.45, 2.75) is 71.6 Å². The van der Waals surface area contributed by atoms with Crippen LogP contribution in [-0.4, -0.2) is 63.0 Å². The van der Waals surface area contributed by atoms with Gasteiger partial charge in [-0.25, -0.2) is 10.4 Å². The van der Waals surface area contributed by atoms with Gasteiger partial charge in [0, 0.05) is 31.8 Å². The number of nitrogens with two attached hydrogens (primary N) is 2. The van der Waals surface area contributed by atoms with Crippen LogP contribution in [0.5, 0.6) is 5.75 Å². The van der Waals surface area contributed by atoms with Gasteiger partial charge in [0.1, 0.15) is 12.3 Å². The SMILES string of the molecule is C1CCCCC1.CC.CNN/C(=C\Cc1ccccc1OC)C1CCN(C(=O)CNC(=O)CN=C(N)N)CC1. The fourth-order valence-corrected chi connectivity index (χ4v) is 4.56. The van der Waals surface area contributed by atoms with Crippen molar-refractivity contribution in [2.75, 3.05) is 40.3 Å². The maximum Gasteiger partial charge on any atom is 0.242 e. The summed E-state index contributed by atoms with van der Waals surface area (Å²) in [7, 11) is 3.51. The lowest BCUT2D eigenvalue weighted by molar-refractivity contribution is -0.133.